The van der Waals surface area contributed by atoms with Crippen LogP contribution in [-0.4, -0.2) is 42.0 Å². The lowest BCUT2D eigenvalue weighted by molar-refractivity contribution is -0.119. The first kappa shape index (κ1) is 16.4. The summed E-state index contributed by atoms with van der Waals surface area (Å²) in [7, 11) is 0. The van der Waals surface area contributed by atoms with Gasteiger partial charge in [0.2, 0.25) is 0 Å². The predicted molar refractivity (Wildman–Crippen MR) is 69.3 cm³/mol. The number of rotatable bonds is 5. The minimum atomic E-state index is -4.47. The number of alkyl halides is 3. The van der Waals surface area contributed by atoms with Crippen LogP contribution < -0.4 is 10.6 Å². The van der Waals surface area contributed by atoms with Gasteiger partial charge in [0.25, 0.3) is 0 Å². The molecule has 112 valence electrons. The number of oxime groups is 1. The van der Waals surface area contributed by atoms with Crippen LogP contribution in [0.25, 0.3) is 0 Å². The van der Waals surface area contributed by atoms with E-state index in [0.29, 0.717) is 0 Å². The van der Waals surface area contributed by atoms with Crippen LogP contribution >= 0.6 is 11.6 Å². The molecular weight excluding hydrogens is 299 g/mol. The first-order valence-corrected chi connectivity index (χ1v) is 5.86. The second kappa shape index (κ2) is 6.67. The van der Waals surface area contributed by atoms with E-state index in [4.69, 9.17) is 27.6 Å². The van der Waals surface area contributed by atoms with Gasteiger partial charge in [-0.05, 0) is 18.2 Å². The van der Waals surface area contributed by atoms with Crippen molar-refractivity contribution in [2.45, 2.75) is 6.18 Å². The van der Waals surface area contributed by atoms with Crippen molar-refractivity contribution in [2.75, 3.05) is 24.6 Å². The lowest BCUT2D eigenvalue weighted by Crippen LogP contribution is -2.37. The molecule has 0 fully saturated rings. The van der Waals surface area contributed by atoms with Crippen LogP contribution in [0.4, 0.5) is 18.9 Å². The van der Waals surface area contributed by atoms with E-state index in [1.54, 1.807) is 0 Å². The highest BCUT2D eigenvalue weighted by atomic mass is 35.5. The molecule has 0 aliphatic carbocycles. The van der Waals surface area contributed by atoms with E-state index < -0.39 is 19.3 Å². The summed E-state index contributed by atoms with van der Waals surface area (Å²) < 4.78 is 37.7. The molecule has 0 unspecified atom stereocenters. The minimum absolute atomic E-state index is 0.0270. The molecule has 1 rings (SSSR count). The van der Waals surface area contributed by atoms with E-state index >= 15 is 0 Å². The number of anilines is 1. The Balaban J connectivity index is 3.27. The SMILES string of the molecule is N/C(=N/O)c1ccc(Cl)cc1N(CCO)CC(F)(F)F. The largest absolute Gasteiger partial charge is 0.409 e. The van der Waals surface area contributed by atoms with E-state index in [2.05, 4.69) is 5.16 Å². The van der Waals surface area contributed by atoms with Crippen molar-refractivity contribution in [1.82, 2.24) is 0 Å². The van der Waals surface area contributed by atoms with Crippen molar-refractivity contribution in [3.8, 4) is 0 Å². The molecular formula is C11H13ClF3N3O2. The third-order valence-electron chi connectivity index (χ3n) is 2.42. The number of nitrogens with two attached hydrogens (primary N) is 1. The zero-order valence-corrected chi connectivity index (χ0v) is 11.0. The summed E-state index contributed by atoms with van der Waals surface area (Å²) in [5.74, 6) is -0.346. The third kappa shape index (κ3) is 4.46. The molecule has 0 atom stereocenters. The first-order chi connectivity index (χ1) is 9.28. The zero-order chi connectivity index (χ0) is 15.3. The van der Waals surface area contributed by atoms with E-state index in [9.17, 15) is 13.2 Å². The van der Waals surface area contributed by atoms with Gasteiger partial charge in [0.1, 0.15) is 6.54 Å². The number of aliphatic hydroxyl groups excluding tert-OH is 1. The third-order valence-corrected chi connectivity index (χ3v) is 2.66. The summed E-state index contributed by atoms with van der Waals surface area (Å²) in [6, 6.07) is 4.01. The van der Waals surface area contributed by atoms with Crippen molar-refractivity contribution in [3.63, 3.8) is 0 Å². The van der Waals surface area contributed by atoms with Crippen molar-refractivity contribution < 1.29 is 23.5 Å². The number of hydrogen-bond acceptors (Lipinski definition) is 4. The quantitative estimate of drug-likeness (QED) is 0.335. The maximum Gasteiger partial charge on any atom is 0.405 e. The number of nitrogens with zero attached hydrogens (tertiary/aromatic N) is 2. The van der Waals surface area contributed by atoms with Gasteiger partial charge in [0, 0.05) is 22.8 Å². The van der Waals surface area contributed by atoms with Crippen LogP contribution in [0.3, 0.4) is 0 Å². The summed E-state index contributed by atoms with van der Waals surface area (Å²) in [5.41, 5.74) is 5.55. The summed E-state index contributed by atoms with van der Waals surface area (Å²) >= 11 is 5.77. The lowest BCUT2D eigenvalue weighted by Gasteiger charge is -2.27. The van der Waals surface area contributed by atoms with Crippen LogP contribution in [0, 0.1) is 0 Å². The molecule has 4 N–H and O–H groups in total. The molecule has 1 aromatic carbocycles. The van der Waals surface area contributed by atoms with Crippen LogP contribution in [0.1, 0.15) is 5.56 Å². The maximum atomic E-state index is 12.6. The van der Waals surface area contributed by atoms with Gasteiger partial charge in [-0.1, -0.05) is 16.8 Å². The Morgan fingerprint density at radius 1 is 1.40 bits per heavy atom. The normalized spacial score (nSPS) is 12.6. The average molecular weight is 312 g/mol. The van der Waals surface area contributed by atoms with Crippen molar-refractivity contribution in [2.24, 2.45) is 10.9 Å². The fourth-order valence-electron chi connectivity index (χ4n) is 1.66. The average Bonchev–Trinajstić information content (AvgIpc) is 2.35. The molecule has 0 saturated heterocycles. The summed E-state index contributed by atoms with van der Waals surface area (Å²) in [5, 5.41) is 20.5. The molecule has 0 aliphatic rings. The van der Waals surface area contributed by atoms with Gasteiger partial charge in [-0.3, -0.25) is 0 Å². The molecule has 1 aromatic rings. The van der Waals surface area contributed by atoms with E-state index in [0.717, 1.165) is 4.90 Å². The Hall–Kier alpha value is -1.67. The standard InChI is InChI=1S/C11H13ClF3N3O2/c12-7-1-2-8(10(16)17-20)9(5-7)18(3-4-19)6-11(13,14)15/h1-2,5,19-20H,3-4,6H2,(H2,16,17). The van der Waals surface area contributed by atoms with Gasteiger partial charge >= 0.3 is 6.18 Å². The number of benzene rings is 1. The van der Waals surface area contributed by atoms with Gasteiger partial charge in [-0.25, -0.2) is 0 Å². The second-order valence-corrected chi connectivity index (χ2v) is 4.34. The zero-order valence-electron chi connectivity index (χ0n) is 10.2. The molecule has 20 heavy (non-hydrogen) atoms. The lowest BCUT2D eigenvalue weighted by atomic mass is 10.1. The van der Waals surface area contributed by atoms with Crippen LogP contribution in [-0.2, 0) is 0 Å². The number of hydrogen-bond donors (Lipinski definition) is 3. The molecule has 0 aromatic heterocycles. The molecule has 0 radical (unpaired) electrons. The molecule has 9 heteroatoms. The molecule has 5 nitrogen and oxygen atoms in total. The highest BCUT2D eigenvalue weighted by molar-refractivity contribution is 6.31. The Morgan fingerprint density at radius 2 is 2.05 bits per heavy atom. The molecule has 0 spiro atoms. The fraction of sp³-hybridized carbons (Fsp3) is 0.364. The first-order valence-electron chi connectivity index (χ1n) is 5.48. The summed E-state index contributed by atoms with van der Waals surface area (Å²) in [4.78, 5) is 0.860. The molecule has 0 aliphatic heterocycles. The second-order valence-electron chi connectivity index (χ2n) is 3.91. The van der Waals surface area contributed by atoms with Crippen LogP contribution in [0.5, 0.6) is 0 Å². The highest BCUT2D eigenvalue weighted by Crippen LogP contribution is 2.28. The van der Waals surface area contributed by atoms with Gasteiger partial charge in [0.15, 0.2) is 5.84 Å². The number of halogens is 4. The van der Waals surface area contributed by atoms with E-state index in [1.165, 1.54) is 18.2 Å². The van der Waals surface area contributed by atoms with Gasteiger partial charge < -0.3 is 20.9 Å². The molecule has 0 amide bonds. The number of amidine groups is 1. The number of aliphatic hydroxyl groups is 1. The highest BCUT2D eigenvalue weighted by Gasteiger charge is 2.31. The summed E-state index contributed by atoms with van der Waals surface area (Å²) in [6.45, 7) is -2.05. The Morgan fingerprint density at radius 3 is 2.55 bits per heavy atom. The predicted octanol–water partition coefficient (Wildman–Crippen LogP) is 1.80. The Labute approximate surface area is 118 Å². The van der Waals surface area contributed by atoms with Gasteiger partial charge in [-0.2, -0.15) is 13.2 Å². The van der Waals surface area contributed by atoms with Crippen molar-refractivity contribution in [3.05, 3.63) is 28.8 Å². The Kier molecular flexibility index (Phi) is 5.46. The summed E-state index contributed by atoms with van der Waals surface area (Å²) in [6.07, 6.45) is -4.47. The van der Waals surface area contributed by atoms with E-state index in [-0.39, 0.29) is 28.7 Å². The van der Waals surface area contributed by atoms with Gasteiger partial charge in [0.05, 0.1) is 6.61 Å². The molecule has 0 heterocycles. The van der Waals surface area contributed by atoms with E-state index in [1.807, 2.05) is 0 Å². The smallest absolute Gasteiger partial charge is 0.405 e. The van der Waals surface area contributed by atoms with Crippen molar-refractivity contribution in [1.29, 1.82) is 0 Å². The van der Waals surface area contributed by atoms with Crippen LogP contribution in [0.15, 0.2) is 23.4 Å². The fourth-order valence-corrected chi connectivity index (χ4v) is 1.83. The topological polar surface area (TPSA) is 82.1 Å². The van der Waals surface area contributed by atoms with Gasteiger partial charge in [-0.15, -0.1) is 0 Å². The Bertz CT molecular complexity index is 494. The van der Waals surface area contributed by atoms with Crippen molar-refractivity contribution >= 4 is 23.1 Å². The van der Waals surface area contributed by atoms with Crippen LogP contribution in [0.2, 0.25) is 5.02 Å². The minimum Gasteiger partial charge on any atom is -0.409 e. The monoisotopic (exact) mass is 311 g/mol. The maximum absolute atomic E-state index is 12.6. The molecule has 0 bridgehead atoms. The molecule has 0 saturated carbocycles.